The molecule has 1 saturated heterocycles. The molecule has 1 aromatic heterocycles. The van der Waals surface area contributed by atoms with Gasteiger partial charge in [0.05, 0.1) is 24.9 Å². The summed E-state index contributed by atoms with van der Waals surface area (Å²) in [4.78, 5) is 15.5. The van der Waals surface area contributed by atoms with Crippen molar-refractivity contribution >= 4 is 34.8 Å². The number of carbonyl (C=O) groups excluding carboxylic acids is 1. The number of hydrogen-bond acceptors (Lipinski definition) is 8. The fourth-order valence-electron chi connectivity index (χ4n) is 5.27. The number of methoxy groups -OCH3 is 1. The molecule has 1 aliphatic carbocycles. The van der Waals surface area contributed by atoms with Gasteiger partial charge in [0.15, 0.2) is 6.10 Å². The Bertz CT molecular complexity index is 1400. The molecule has 2 heterocycles. The third kappa shape index (κ3) is 5.57. The average Bonchev–Trinajstić information content (AvgIpc) is 3.42. The molecule has 1 saturated carbocycles. The van der Waals surface area contributed by atoms with Gasteiger partial charge in [0.1, 0.15) is 41.7 Å². The quantitative estimate of drug-likeness (QED) is 0.371. The Morgan fingerprint density at radius 3 is 2.34 bits per heavy atom. The molecule has 1 aliphatic heterocycles. The maximum Gasteiger partial charge on any atom is 0.259 e. The Morgan fingerprint density at radius 2 is 1.80 bits per heavy atom. The van der Waals surface area contributed by atoms with Gasteiger partial charge in [-0.05, 0) is 50.1 Å². The van der Waals surface area contributed by atoms with E-state index in [0.717, 1.165) is 12.1 Å². The summed E-state index contributed by atoms with van der Waals surface area (Å²) >= 11 is 12.4. The summed E-state index contributed by atoms with van der Waals surface area (Å²) in [6.45, 7) is 0.658. The van der Waals surface area contributed by atoms with E-state index < -0.39 is 66.8 Å². The second-order valence-corrected chi connectivity index (χ2v) is 11.0. The fraction of sp³-hybridized carbons (Fsp3) is 0.444. The van der Waals surface area contributed by atoms with Crippen LogP contribution in [0.15, 0.2) is 36.5 Å². The third-order valence-electron chi connectivity index (χ3n) is 7.67. The van der Waals surface area contributed by atoms with Crippen molar-refractivity contribution in [3.8, 4) is 11.3 Å². The van der Waals surface area contributed by atoms with Gasteiger partial charge in [-0.1, -0.05) is 28.4 Å². The largest absolute Gasteiger partial charge is 0.394 e. The van der Waals surface area contributed by atoms with Crippen LogP contribution in [-0.2, 0) is 14.3 Å². The maximum absolute atomic E-state index is 14.2. The molecule has 3 aromatic rings. The van der Waals surface area contributed by atoms with Crippen LogP contribution in [0.1, 0.15) is 24.4 Å². The van der Waals surface area contributed by atoms with Gasteiger partial charge in [-0.2, -0.15) is 0 Å². The highest BCUT2D eigenvalue weighted by atomic mass is 35.5. The number of anilines is 1. The fourth-order valence-corrected chi connectivity index (χ4v) is 5.79. The molecular weight excluding hydrogens is 585 g/mol. The van der Waals surface area contributed by atoms with Crippen molar-refractivity contribution in [3.63, 3.8) is 0 Å². The van der Waals surface area contributed by atoms with Crippen molar-refractivity contribution in [1.29, 1.82) is 0 Å². The van der Waals surface area contributed by atoms with Gasteiger partial charge in [0.2, 0.25) is 0 Å². The Labute approximate surface area is 244 Å². The molecule has 5 rings (SSSR count). The first-order valence-corrected chi connectivity index (χ1v) is 13.6. The molecule has 7 atom stereocenters. The number of aliphatic hydroxyl groups is 3. The summed E-state index contributed by atoms with van der Waals surface area (Å²) in [5.74, 6) is -2.15. The molecule has 10 nitrogen and oxygen atoms in total. The van der Waals surface area contributed by atoms with Crippen LogP contribution in [0.5, 0.6) is 0 Å². The average molecular weight is 613 g/mol. The molecule has 0 radical (unpaired) electrons. The molecule has 3 N–H and O–H groups in total. The van der Waals surface area contributed by atoms with Crippen molar-refractivity contribution in [1.82, 2.24) is 15.0 Å². The number of ether oxygens (including phenoxy) is 2. The van der Waals surface area contributed by atoms with Gasteiger partial charge in [-0.15, -0.1) is 5.10 Å². The van der Waals surface area contributed by atoms with Crippen molar-refractivity contribution in [2.45, 2.75) is 62.4 Å². The van der Waals surface area contributed by atoms with Crippen LogP contribution in [0.4, 0.5) is 14.5 Å². The van der Waals surface area contributed by atoms with Crippen LogP contribution in [0.3, 0.4) is 0 Å². The van der Waals surface area contributed by atoms with E-state index >= 15 is 0 Å². The highest BCUT2D eigenvalue weighted by Crippen LogP contribution is 2.38. The lowest BCUT2D eigenvalue weighted by Gasteiger charge is -2.47. The van der Waals surface area contributed by atoms with Crippen molar-refractivity contribution < 1.29 is 38.4 Å². The molecule has 2 aliphatic rings. The van der Waals surface area contributed by atoms with Gasteiger partial charge in [0, 0.05) is 34.0 Å². The molecule has 14 heteroatoms. The van der Waals surface area contributed by atoms with Crippen LogP contribution in [-0.4, -0.2) is 86.5 Å². The minimum Gasteiger partial charge on any atom is -0.394 e. The first-order chi connectivity index (χ1) is 19.5. The zero-order valence-corrected chi connectivity index (χ0v) is 23.5. The number of rotatable bonds is 7. The number of aliphatic hydroxyl groups excluding tert-OH is 3. The molecule has 0 bridgehead atoms. The normalized spacial score (nSPS) is 27.9. The number of carbonyl (C=O) groups is 1. The van der Waals surface area contributed by atoms with Crippen molar-refractivity contribution in [2.24, 2.45) is 0 Å². The standard InChI is InChI=1S/C27H28Cl2F2N4O6/c1-12-17(30)5-13(6-18(12)31)19-10-34(33-32-19)23-24(38)22(11-36)41-26(25(23)40-2)27(39)35(20-3-4-21(20)37)16-8-14(28)7-15(29)9-16/h5-10,20-26,36-38H,3-4,11H2,1-2H3/t20-,21-,22+,23-,24-,25+,26+/m0/s1. The summed E-state index contributed by atoms with van der Waals surface area (Å²) in [6, 6.07) is 5.06. The monoisotopic (exact) mass is 612 g/mol. The molecule has 2 aromatic carbocycles. The molecule has 41 heavy (non-hydrogen) atoms. The lowest BCUT2D eigenvalue weighted by atomic mass is 9.85. The highest BCUT2D eigenvalue weighted by Gasteiger charge is 2.52. The zero-order valence-electron chi connectivity index (χ0n) is 22.0. The van der Waals surface area contributed by atoms with Crippen LogP contribution in [0.2, 0.25) is 10.0 Å². The lowest BCUT2D eigenvalue weighted by Crippen LogP contribution is -2.64. The van der Waals surface area contributed by atoms with E-state index in [0.29, 0.717) is 18.5 Å². The molecular formula is C27H28Cl2F2N4O6. The second kappa shape index (κ2) is 11.9. The number of amides is 1. The van der Waals surface area contributed by atoms with Crippen molar-refractivity contribution in [2.75, 3.05) is 18.6 Å². The van der Waals surface area contributed by atoms with Crippen LogP contribution >= 0.6 is 23.2 Å². The molecule has 0 spiro atoms. The van der Waals surface area contributed by atoms with E-state index in [4.69, 9.17) is 32.7 Å². The van der Waals surface area contributed by atoms with E-state index in [9.17, 15) is 28.9 Å². The van der Waals surface area contributed by atoms with Gasteiger partial charge in [-0.3, -0.25) is 4.79 Å². The first kappa shape index (κ1) is 29.8. The summed E-state index contributed by atoms with van der Waals surface area (Å²) in [5.41, 5.74) is 0.397. The number of halogens is 4. The highest BCUT2D eigenvalue weighted by molar-refractivity contribution is 6.35. The Balaban J connectivity index is 1.53. The van der Waals surface area contributed by atoms with Gasteiger partial charge in [-0.25, -0.2) is 13.5 Å². The molecule has 1 amide bonds. The number of benzene rings is 2. The Hall–Kier alpha value is -2.71. The third-order valence-corrected chi connectivity index (χ3v) is 8.11. The predicted molar refractivity (Wildman–Crippen MR) is 145 cm³/mol. The van der Waals surface area contributed by atoms with E-state index in [1.54, 1.807) is 0 Å². The van der Waals surface area contributed by atoms with Gasteiger partial charge in [0.25, 0.3) is 5.91 Å². The van der Waals surface area contributed by atoms with E-state index in [1.165, 1.54) is 48.0 Å². The van der Waals surface area contributed by atoms with E-state index in [-0.39, 0.29) is 26.9 Å². The van der Waals surface area contributed by atoms with E-state index in [1.807, 2.05) is 0 Å². The molecule has 220 valence electrons. The minimum atomic E-state index is -1.42. The van der Waals surface area contributed by atoms with Crippen LogP contribution in [0.25, 0.3) is 11.3 Å². The Kier molecular flexibility index (Phi) is 8.63. The number of nitrogens with zero attached hydrogens (tertiary/aromatic N) is 4. The number of hydrogen-bond donors (Lipinski definition) is 3. The SMILES string of the molecule is CO[C@@H]1[C@@H](n2cc(-c3cc(F)c(C)c(F)c3)nn2)[C@@H](O)[C@@H](CO)O[C@H]1C(=O)N(c1cc(Cl)cc(Cl)c1)[C@H]1CC[C@@H]1O. The minimum absolute atomic E-state index is 0.104. The zero-order chi connectivity index (χ0) is 29.6. The Morgan fingerprint density at radius 1 is 1.15 bits per heavy atom. The lowest BCUT2D eigenvalue weighted by molar-refractivity contribution is -0.211. The smallest absolute Gasteiger partial charge is 0.259 e. The van der Waals surface area contributed by atoms with E-state index in [2.05, 4.69) is 10.3 Å². The van der Waals surface area contributed by atoms with Gasteiger partial charge < -0.3 is 29.7 Å². The topological polar surface area (TPSA) is 130 Å². The van der Waals surface area contributed by atoms with Crippen molar-refractivity contribution in [3.05, 3.63) is 63.8 Å². The second-order valence-electron chi connectivity index (χ2n) is 10.2. The molecule has 2 fully saturated rings. The summed E-state index contributed by atoms with van der Waals surface area (Å²) in [7, 11) is 1.31. The predicted octanol–water partition coefficient (Wildman–Crippen LogP) is 3.07. The van der Waals surface area contributed by atoms with Gasteiger partial charge >= 0.3 is 0 Å². The first-order valence-electron chi connectivity index (χ1n) is 12.9. The maximum atomic E-state index is 14.2. The van der Waals surface area contributed by atoms with Crippen LogP contribution in [0, 0.1) is 18.6 Å². The van der Waals surface area contributed by atoms with Crippen LogP contribution < -0.4 is 4.90 Å². The summed E-state index contributed by atoms with van der Waals surface area (Å²) in [5, 5.41) is 40.3. The number of aromatic nitrogens is 3. The summed E-state index contributed by atoms with van der Waals surface area (Å²) in [6.07, 6.45) is -3.71. The molecule has 0 unspecified atom stereocenters. The summed E-state index contributed by atoms with van der Waals surface area (Å²) < 4.78 is 41.2.